The van der Waals surface area contributed by atoms with Crippen LogP contribution in [0.1, 0.15) is 17.7 Å². The molecule has 1 saturated heterocycles. The number of halogens is 3. The number of nitrogens with zero attached hydrogens (tertiary/aromatic N) is 3. The molecule has 0 bridgehead atoms. The zero-order valence-corrected chi connectivity index (χ0v) is 14.0. The molecule has 140 valence electrons. The van der Waals surface area contributed by atoms with Crippen molar-refractivity contribution in [2.45, 2.75) is 18.7 Å². The van der Waals surface area contributed by atoms with Crippen LogP contribution in [0.4, 0.5) is 23.7 Å². The first-order valence-corrected chi connectivity index (χ1v) is 8.12. The highest BCUT2D eigenvalue weighted by Crippen LogP contribution is 2.30. The van der Waals surface area contributed by atoms with Crippen LogP contribution in [0.3, 0.4) is 0 Å². The number of hydrogen-bond donors (Lipinski definition) is 1. The molecule has 6 nitrogen and oxygen atoms in total. The van der Waals surface area contributed by atoms with Crippen molar-refractivity contribution in [3.05, 3.63) is 53.7 Å². The number of anilines is 1. The highest BCUT2D eigenvalue weighted by atomic mass is 19.4. The zero-order valence-electron chi connectivity index (χ0n) is 14.0. The number of rotatable bonds is 3. The fourth-order valence-corrected chi connectivity index (χ4v) is 2.68. The number of carbonyl (C=O) groups is 1. The smallest absolute Gasteiger partial charge is 0.433 e. The third-order valence-electron chi connectivity index (χ3n) is 3.97. The molecule has 1 N–H and O–H groups in total. The Bertz CT molecular complexity index is 865. The molecule has 1 aromatic heterocycles. The van der Waals surface area contributed by atoms with Gasteiger partial charge in [-0.15, -0.1) is 0 Å². The maximum atomic E-state index is 12.9. The normalized spacial score (nSPS) is 16.7. The van der Waals surface area contributed by atoms with E-state index in [1.54, 1.807) is 30.3 Å². The Kier molecular flexibility index (Phi) is 5.16. The van der Waals surface area contributed by atoms with Gasteiger partial charge < -0.3 is 15.0 Å². The van der Waals surface area contributed by atoms with E-state index in [0.29, 0.717) is 24.7 Å². The first-order chi connectivity index (χ1) is 12.8. The van der Waals surface area contributed by atoms with Crippen molar-refractivity contribution < 1.29 is 22.7 Å². The van der Waals surface area contributed by atoms with Gasteiger partial charge in [0.1, 0.15) is 11.8 Å². The molecule has 0 saturated carbocycles. The fraction of sp³-hybridized carbons (Fsp3) is 0.278. The van der Waals surface area contributed by atoms with E-state index in [2.05, 4.69) is 10.3 Å². The summed E-state index contributed by atoms with van der Waals surface area (Å²) in [5, 5.41) is 11.6. The Morgan fingerprint density at radius 1 is 1.30 bits per heavy atom. The molecule has 27 heavy (non-hydrogen) atoms. The number of carbonyl (C=O) groups excluding carboxylic acids is 1. The predicted octanol–water partition coefficient (Wildman–Crippen LogP) is 3.66. The minimum Gasteiger partial charge on any atom is -0.472 e. The van der Waals surface area contributed by atoms with E-state index >= 15 is 0 Å². The molecule has 1 fully saturated rings. The van der Waals surface area contributed by atoms with Gasteiger partial charge in [0.15, 0.2) is 0 Å². The number of ether oxygens (including phenoxy) is 1. The summed E-state index contributed by atoms with van der Waals surface area (Å²) >= 11 is 0. The molecule has 1 aromatic carbocycles. The lowest BCUT2D eigenvalue weighted by molar-refractivity contribution is -0.141. The Hall–Kier alpha value is -3.28. The van der Waals surface area contributed by atoms with Crippen molar-refractivity contribution in [3.8, 4) is 11.9 Å². The fourth-order valence-electron chi connectivity index (χ4n) is 2.68. The van der Waals surface area contributed by atoms with Crippen molar-refractivity contribution in [1.82, 2.24) is 9.88 Å². The van der Waals surface area contributed by atoms with Gasteiger partial charge in [-0.25, -0.2) is 9.78 Å². The lowest BCUT2D eigenvalue weighted by Gasteiger charge is -2.18. The third-order valence-corrected chi connectivity index (χ3v) is 3.97. The molecular weight excluding hydrogens is 361 g/mol. The first-order valence-electron chi connectivity index (χ1n) is 8.12. The predicted molar refractivity (Wildman–Crippen MR) is 90.0 cm³/mol. The zero-order chi connectivity index (χ0) is 19.4. The highest BCUT2D eigenvalue weighted by Gasteiger charge is 2.34. The summed E-state index contributed by atoms with van der Waals surface area (Å²) in [4.78, 5) is 17.2. The molecule has 3 rings (SSSR count). The average Bonchev–Trinajstić information content (AvgIpc) is 3.10. The van der Waals surface area contributed by atoms with E-state index in [0.717, 1.165) is 6.07 Å². The average molecular weight is 376 g/mol. The summed E-state index contributed by atoms with van der Waals surface area (Å²) in [5.74, 6) is -0.281. The van der Waals surface area contributed by atoms with E-state index in [-0.39, 0.29) is 24.0 Å². The number of amides is 2. The number of para-hydroxylation sites is 1. The largest absolute Gasteiger partial charge is 0.472 e. The van der Waals surface area contributed by atoms with E-state index < -0.39 is 18.0 Å². The second-order valence-corrected chi connectivity index (χ2v) is 5.96. The van der Waals surface area contributed by atoms with Gasteiger partial charge in [-0.1, -0.05) is 18.2 Å². The van der Waals surface area contributed by atoms with Gasteiger partial charge in [0.25, 0.3) is 0 Å². The van der Waals surface area contributed by atoms with E-state index in [1.165, 1.54) is 4.90 Å². The number of nitrogens with one attached hydrogen (secondary N) is 1. The van der Waals surface area contributed by atoms with Gasteiger partial charge >= 0.3 is 12.2 Å². The van der Waals surface area contributed by atoms with Crippen LogP contribution in [-0.4, -0.2) is 35.1 Å². The Balaban J connectivity index is 1.64. The maximum Gasteiger partial charge on any atom is 0.433 e. The van der Waals surface area contributed by atoms with Gasteiger partial charge in [0.2, 0.25) is 5.88 Å². The minimum absolute atomic E-state index is 0.191. The first kappa shape index (κ1) is 18.5. The molecule has 2 amide bonds. The van der Waals surface area contributed by atoms with Crippen LogP contribution in [-0.2, 0) is 6.18 Å². The van der Waals surface area contributed by atoms with Crippen LogP contribution in [0.15, 0.2) is 42.5 Å². The molecule has 0 radical (unpaired) electrons. The Morgan fingerprint density at radius 3 is 2.70 bits per heavy atom. The van der Waals surface area contributed by atoms with Crippen LogP contribution in [0.5, 0.6) is 5.88 Å². The van der Waals surface area contributed by atoms with Crippen molar-refractivity contribution in [2.24, 2.45) is 0 Å². The van der Waals surface area contributed by atoms with Gasteiger partial charge in [0, 0.05) is 24.7 Å². The number of urea groups is 1. The minimum atomic E-state index is -4.68. The van der Waals surface area contributed by atoms with Gasteiger partial charge in [-0.3, -0.25) is 0 Å². The van der Waals surface area contributed by atoms with E-state index in [1.807, 2.05) is 6.07 Å². The highest BCUT2D eigenvalue weighted by molar-refractivity contribution is 5.89. The van der Waals surface area contributed by atoms with Crippen molar-refractivity contribution in [2.75, 3.05) is 18.4 Å². The maximum absolute atomic E-state index is 12.9. The summed E-state index contributed by atoms with van der Waals surface area (Å²) in [6.07, 6.45) is -4.74. The molecule has 0 unspecified atom stereocenters. The molecule has 1 atom stereocenters. The third kappa shape index (κ3) is 4.67. The molecule has 1 aliphatic rings. The van der Waals surface area contributed by atoms with Crippen molar-refractivity contribution >= 4 is 11.7 Å². The second-order valence-electron chi connectivity index (χ2n) is 5.96. The van der Waals surface area contributed by atoms with Crippen LogP contribution in [0.25, 0.3) is 0 Å². The molecule has 2 heterocycles. The molecular formula is C18H15F3N4O2. The quantitative estimate of drug-likeness (QED) is 0.887. The lowest BCUT2D eigenvalue weighted by atomic mass is 10.2. The summed E-state index contributed by atoms with van der Waals surface area (Å²) in [6.45, 7) is 0.603. The van der Waals surface area contributed by atoms with Gasteiger partial charge in [0.05, 0.1) is 18.2 Å². The number of aromatic nitrogens is 1. The SMILES string of the molecule is N#Cc1cc(O[C@@H]2CCN(C(=O)Nc3ccccc3)C2)nc(C(F)(F)F)c1. The number of likely N-dealkylation sites (tertiary alicyclic amines) is 1. The van der Waals surface area contributed by atoms with Crippen LogP contribution in [0, 0.1) is 11.3 Å². The van der Waals surface area contributed by atoms with E-state index in [4.69, 9.17) is 10.00 Å². The molecule has 2 aromatic rings. The molecule has 0 spiro atoms. The van der Waals surface area contributed by atoms with Gasteiger partial charge in [-0.05, 0) is 18.2 Å². The number of pyridine rings is 1. The standard InChI is InChI=1S/C18H15F3N4O2/c19-18(20,21)15-8-12(10-22)9-16(24-15)27-14-6-7-25(11-14)17(26)23-13-4-2-1-3-5-13/h1-5,8-9,14H,6-7,11H2,(H,23,26)/t14-/m1/s1. The van der Waals surface area contributed by atoms with Crippen LogP contribution in [0.2, 0.25) is 0 Å². The lowest BCUT2D eigenvalue weighted by Crippen LogP contribution is -2.34. The van der Waals surface area contributed by atoms with E-state index in [9.17, 15) is 18.0 Å². The summed E-state index contributed by atoms with van der Waals surface area (Å²) in [6, 6.07) is 12.1. The Labute approximate surface area is 153 Å². The topological polar surface area (TPSA) is 78.2 Å². The number of nitriles is 1. The monoisotopic (exact) mass is 376 g/mol. The number of hydrogen-bond acceptors (Lipinski definition) is 4. The van der Waals surface area contributed by atoms with Crippen molar-refractivity contribution in [3.63, 3.8) is 0 Å². The molecule has 0 aliphatic carbocycles. The van der Waals surface area contributed by atoms with Gasteiger partial charge in [-0.2, -0.15) is 18.4 Å². The molecule has 1 aliphatic heterocycles. The number of alkyl halides is 3. The summed E-state index contributed by atoms with van der Waals surface area (Å²) in [7, 11) is 0. The van der Waals surface area contributed by atoms with Crippen LogP contribution >= 0.6 is 0 Å². The molecule has 9 heteroatoms. The summed E-state index contributed by atoms with van der Waals surface area (Å²) < 4.78 is 44.2. The van der Waals surface area contributed by atoms with Crippen LogP contribution < -0.4 is 10.1 Å². The summed E-state index contributed by atoms with van der Waals surface area (Å²) in [5.41, 5.74) is -0.734. The van der Waals surface area contributed by atoms with Crippen molar-refractivity contribution in [1.29, 1.82) is 5.26 Å². The Morgan fingerprint density at radius 2 is 2.04 bits per heavy atom. The number of benzene rings is 1. The second kappa shape index (κ2) is 7.53.